The third-order valence-electron chi connectivity index (χ3n) is 5.04. The number of pyridine rings is 1. The molecule has 166 valence electrons. The lowest BCUT2D eigenvalue weighted by Gasteiger charge is -2.11. The van der Waals surface area contributed by atoms with Crippen LogP contribution in [0.1, 0.15) is 11.6 Å². The van der Waals surface area contributed by atoms with E-state index in [2.05, 4.69) is 25.4 Å². The standard InChI is InChI=1S/C22H16ClF2N7O/c1-11-29-21(31-33-11)20-14(7-13(23)8-16(20)25)12-6-15(24)18(27-9-12)10-28-22-30-17-4-2-3-5-19(17)32(22)26/h2-9H,10,26H2,1H3,(H,28,30). The largest absolute Gasteiger partial charge is 0.348 e. The molecule has 0 aliphatic rings. The fourth-order valence-electron chi connectivity index (χ4n) is 3.50. The monoisotopic (exact) mass is 467 g/mol. The molecule has 5 rings (SSSR count). The molecule has 0 saturated heterocycles. The molecule has 0 fully saturated rings. The molecule has 0 spiro atoms. The van der Waals surface area contributed by atoms with Crippen LogP contribution < -0.4 is 11.2 Å². The minimum Gasteiger partial charge on any atom is -0.348 e. The number of rotatable bonds is 5. The first-order valence-electron chi connectivity index (χ1n) is 9.81. The minimum absolute atomic E-state index is 0.0321. The average molecular weight is 468 g/mol. The van der Waals surface area contributed by atoms with Crippen molar-refractivity contribution in [1.82, 2.24) is 24.8 Å². The zero-order valence-corrected chi connectivity index (χ0v) is 17.9. The molecule has 3 N–H and O–H groups in total. The van der Waals surface area contributed by atoms with Crippen molar-refractivity contribution < 1.29 is 13.3 Å². The Balaban J connectivity index is 1.46. The lowest BCUT2D eigenvalue weighted by molar-refractivity contribution is 0.394. The first kappa shape index (κ1) is 20.8. The van der Waals surface area contributed by atoms with Crippen molar-refractivity contribution in [3.63, 3.8) is 0 Å². The van der Waals surface area contributed by atoms with Crippen LogP contribution in [0.3, 0.4) is 0 Å². The normalized spacial score (nSPS) is 11.3. The molecule has 0 aliphatic carbocycles. The number of hydrogen-bond acceptors (Lipinski definition) is 7. The van der Waals surface area contributed by atoms with Gasteiger partial charge in [0.15, 0.2) is 0 Å². The Labute approximate surface area is 191 Å². The number of aryl methyl sites for hydroxylation is 1. The molecule has 33 heavy (non-hydrogen) atoms. The second-order valence-electron chi connectivity index (χ2n) is 7.25. The van der Waals surface area contributed by atoms with Crippen molar-refractivity contribution in [2.45, 2.75) is 13.5 Å². The van der Waals surface area contributed by atoms with E-state index in [1.807, 2.05) is 24.3 Å². The summed E-state index contributed by atoms with van der Waals surface area (Å²) in [4.78, 5) is 12.7. The van der Waals surface area contributed by atoms with Gasteiger partial charge in [0.25, 0.3) is 0 Å². The van der Waals surface area contributed by atoms with Crippen molar-refractivity contribution in [3.05, 3.63) is 76.9 Å². The van der Waals surface area contributed by atoms with Crippen LogP contribution >= 0.6 is 11.6 Å². The zero-order valence-electron chi connectivity index (χ0n) is 17.2. The van der Waals surface area contributed by atoms with Gasteiger partial charge in [0, 0.05) is 23.7 Å². The van der Waals surface area contributed by atoms with Crippen LogP contribution in [0.4, 0.5) is 14.7 Å². The maximum Gasteiger partial charge on any atom is 0.223 e. The fraction of sp³-hybridized carbons (Fsp3) is 0.0909. The smallest absolute Gasteiger partial charge is 0.223 e. The molecule has 0 amide bonds. The molecule has 0 radical (unpaired) electrons. The molecular weight excluding hydrogens is 452 g/mol. The second-order valence-corrected chi connectivity index (χ2v) is 7.68. The zero-order chi connectivity index (χ0) is 23.1. The van der Waals surface area contributed by atoms with Gasteiger partial charge in [-0.25, -0.2) is 18.4 Å². The lowest BCUT2D eigenvalue weighted by atomic mass is 9.99. The number of aromatic nitrogens is 5. The molecule has 0 aliphatic heterocycles. The summed E-state index contributed by atoms with van der Waals surface area (Å²) < 4.78 is 36.1. The van der Waals surface area contributed by atoms with E-state index >= 15 is 0 Å². The summed E-state index contributed by atoms with van der Waals surface area (Å²) in [7, 11) is 0. The van der Waals surface area contributed by atoms with Crippen LogP contribution in [0.15, 0.2) is 53.2 Å². The number of benzene rings is 2. The van der Waals surface area contributed by atoms with Crippen LogP contribution in [0.25, 0.3) is 33.5 Å². The number of para-hydroxylation sites is 2. The second kappa shape index (κ2) is 8.14. The van der Waals surface area contributed by atoms with Gasteiger partial charge in [-0.1, -0.05) is 28.9 Å². The maximum absolute atomic E-state index is 14.9. The van der Waals surface area contributed by atoms with Gasteiger partial charge in [0.05, 0.1) is 28.8 Å². The highest BCUT2D eigenvalue weighted by molar-refractivity contribution is 6.31. The van der Waals surface area contributed by atoms with E-state index < -0.39 is 11.6 Å². The summed E-state index contributed by atoms with van der Waals surface area (Å²) in [6.07, 6.45) is 1.42. The number of nitrogens with zero attached hydrogens (tertiary/aromatic N) is 5. The highest BCUT2D eigenvalue weighted by Gasteiger charge is 2.20. The highest BCUT2D eigenvalue weighted by atomic mass is 35.5. The third-order valence-corrected chi connectivity index (χ3v) is 5.26. The number of nitrogens with two attached hydrogens (primary N) is 1. The van der Waals surface area contributed by atoms with E-state index in [9.17, 15) is 8.78 Å². The van der Waals surface area contributed by atoms with E-state index in [1.54, 1.807) is 6.92 Å². The molecule has 0 bridgehead atoms. The van der Waals surface area contributed by atoms with Gasteiger partial charge in [-0.05, 0) is 35.9 Å². The van der Waals surface area contributed by atoms with Gasteiger partial charge < -0.3 is 15.7 Å². The predicted octanol–water partition coefficient (Wildman–Crippen LogP) is 4.71. The van der Waals surface area contributed by atoms with Crippen LogP contribution in [0.5, 0.6) is 0 Å². The number of fused-ring (bicyclic) bond motifs is 1. The minimum atomic E-state index is -0.661. The molecule has 0 atom stereocenters. The summed E-state index contributed by atoms with van der Waals surface area (Å²) in [5.41, 5.74) is 2.21. The fourth-order valence-corrected chi connectivity index (χ4v) is 3.71. The molecular formula is C22H16ClF2N7O. The maximum atomic E-state index is 14.9. The van der Waals surface area contributed by atoms with Crippen LogP contribution in [0.2, 0.25) is 5.02 Å². The van der Waals surface area contributed by atoms with Crippen molar-refractivity contribution in [1.29, 1.82) is 0 Å². The molecule has 3 aromatic heterocycles. The number of hydrogen-bond donors (Lipinski definition) is 2. The first-order valence-corrected chi connectivity index (χ1v) is 10.2. The topological polar surface area (TPSA) is 108 Å². The number of imidazole rings is 1. The molecule has 0 unspecified atom stereocenters. The number of anilines is 1. The van der Waals surface area contributed by atoms with Crippen LogP contribution in [-0.4, -0.2) is 24.8 Å². The van der Waals surface area contributed by atoms with E-state index in [0.29, 0.717) is 17.0 Å². The summed E-state index contributed by atoms with van der Waals surface area (Å²) in [6, 6.07) is 11.2. The van der Waals surface area contributed by atoms with Gasteiger partial charge in [0.2, 0.25) is 17.7 Å². The molecule has 3 heterocycles. The SMILES string of the molecule is Cc1nc(-c2c(F)cc(Cl)cc2-c2cnc(CNc3nc4ccccc4n3N)c(F)c2)no1. The summed E-state index contributed by atoms with van der Waals surface area (Å²) >= 11 is 6.05. The van der Waals surface area contributed by atoms with Gasteiger partial charge in [-0.15, -0.1) is 0 Å². The molecule has 0 saturated carbocycles. The van der Waals surface area contributed by atoms with Crippen LogP contribution in [0, 0.1) is 18.6 Å². The third kappa shape index (κ3) is 3.85. The van der Waals surface area contributed by atoms with E-state index in [4.69, 9.17) is 22.0 Å². The number of nitrogens with one attached hydrogen (secondary N) is 1. The number of halogens is 3. The van der Waals surface area contributed by atoms with Crippen molar-refractivity contribution in [3.8, 4) is 22.5 Å². The van der Waals surface area contributed by atoms with Gasteiger partial charge in [-0.2, -0.15) is 4.98 Å². The molecule has 5 aromatic rings. The quantitative estimate of drug-likeness (QED) is 0.360. The average Bonchev–Trinajstić information content (AvgIpc) is 3.35. The van der Waals surface area contributed by atoms with Gasteiger partial charge >= 0.3 is 0 Å². The van der Waals surface area contributed by atoms with Gasteiger partial charge in [-0.3, -0.25) is 4.98 Å². The summed E-state index contributed by atoms with van der Waals surface area (Å²) in [6.45, 7) is 1.62. The first-order chi connectivity index (χ1) is 15.9. The van der Waals surface area contributed by atoms with E-state index in [0.717, 1.165) is 11.6 Å². The molecule has 2 aromatic carbocycles. The van der Waals surface area contributed by atoms with E-state index in [1.165, 1.54) is 23.0 Å². The Morgan fingerprint density at radius 3 is 2.67 bits per heavy atom. The number of nitrogen functional groups attached to an aromatic ring is 1. The van der Waals surface area contributed by atoms with Crippen molar-refractivity contribution >= 4 is 28.6 Å². The Bertz CT molecular complexity index is 1500. The Morgan fingerprint density at radius 1 is 1.12 bits per heavy atom. The predicted molar refractivity (Wildman–Crippen MR) is 120 cm³/mol. The van der Waals surface area contributed by atoms with Crippen LogP contribution in [-0.2, 0) is 6.54 Å². The van der Waals surface area contributed by atoms with Crippen molar-refractivity contribution in [2.75, 3.05) is 11.2 Å². The molecule has 11 heteroatoms. The lowest BCUT2D eigenvalue weighted by Crippen LogP contribution is -2.14. The van der Waals surface area contributed by atoms with Gasteiger partial charge in [0.1, 0.15) is 11.6 Å². The van der Waals surface area contributed by atoms with E-state index in [-0.39, 0.29) is 40.1 Å². The summed E-state index contributed by atoms with van der Waals surface area (Å²) in [5, 5.41) is 6.90. The van der Waals surface area contributed by atoms with Crippen molar-refractivity contribution in [2.24, 2.45) is 0 Å². The summed E-state index contributed by atoms with van der Waals surface area (Å²) in [5.74, 6) is 5.46. The molecule has 8 nitrogen and oxygen atoms in total. The highest BCUT2D eigenvalue weighted by Crippen LogP contribution is 2.35. The Kier molecular flexibility index (Phi) is 5.14. The Hall–Kier alpha value is -4.05. The Morgan fingerprint density at radius 2 is 1.94 bits per heavy atom.